The Balaban J connectivity index is 1.71. The molecule has 0 radical (unpaired) electrons. The van der Waals surface area contributed by atoms with Crippen LogP contribution in [0.1, 0.15) is 55.5 Å². The van der Waals surface area contributed by atoms with E-state index in [0.717, 1.165) is 29.5 Å². The highest BCUT2D eigenvalue weighted by atomic mass is 19.1. The molecule has 0 bridgehead atoms. The summed E-state index contributed by atoms with van der Waals surface area (Å²) in [4.78, 5) is 11.9. The van der Waals surface area contributed by atoms with E-state index in [-0.39, 0.29) is 5.56 Å². The standard InChI is InChI=1S/C27H29FO2/c1-3-5-6-7-20-8-10-21(11-9-20)22-12-14-23(15-13-22)25-17-16-24(19-26(25)28)27(29)30-18-4-2/h8-17,19H,3-7,18H2,1-2H3. The SMILES string of the molecule is CCCCCc1ccc(-c2ccc(-c3ccc(C(=O)OCCC)cc3F)cc2)cc1. The number of unbranched alkanes of at least 4 members (excludes halogenated alkanes) is 2. The molecule has 0 N–H and O–H groups in total. The minimum Gasteiger partial charge on any atom is -0.462 e. The Morgan fingerprint density at radius 3 is 2.03 bits per heavy atom. The lowest BCUT2D eigenvalue weighted by atomic mass is 9.98. The summed E-state index contributed by atoms with van der Waals surface area (Å²) in [5.41, 5.74) is 5.10. The van der Waals surface area contributed by atoms with E-state index in [4.69, 9.17) is 4.74 Å². The Labute approximate surface area is 178 Å². The van der Waals surface area contributed by atoms with Crippen molar-refractivity contribution >= 4 is 5.97 Å². The number of esters is 1. The number of ether oxygens (including phenoxy) is 1. The van der Waals surface area contributed by atoms with Crippen LogP contribution in [-0.4, -0.2) is 12.6 Å². The van der Waals surface area contributed by atoms with Crippen LogP contribution in [0.2, 0.25) is 0 Å². The largest absolute Gasteiger partial charge is 0.462 e. The number of benzene rings is 3. The van der Waals surface area contributed by atoms with E-state index in [1.54, 1.807) is 12.1 Å². The first-order valence-corrected chi connectivity index (χ1v) is 10.8. The zero-order chi connectivity index (χ0) is 21.3. The van der Waals surface area contributed by atoms with Gasteiger partial charge in [0, 0.05) is 5.56 Å². The second-order valence-corrected chi connectivity index (χ2v) is 7.56. The fourth-order valence-electron chi connectivity index (χ4n) is 3.44. The van der Waals surface area contributed by atoms with Gasteiger partial charge >= 0.3 is 5.97 Å². The van der Waals surface area contributed by atoms with Gasteiger partial charge in [0.05, 0.1) is 12.2 Å². The molecule has 3 rings (SSSR count). The summed E-state index contributed by atoms with van der Waals surface area (Å²) in [6, 6.07) is 21.0. The first-order chi connectivity index (χ1) is 14.6. The lowest BCUT2D eigenvalue weighted by Crippen LogP contribution is -2.06. The fraction of sp³-hybridized carbons (Fsp3) is 0.296. The number of hydrogen-bond acceptors (Lipinski definition) is 2. The number of halogens is 1. The predicted molar refractivity (Wildman–Crippen MR) is 121 cm³/mol. The topological polar surface area (TPSA) is 26.3 Å². The second-order valence-electron chi connectivity index (χ2n) is 7.56. The summed E-state index contributed by atoms with van der Waals surface area (Å²) >= 11 is 0. The molecule has 0 spiro atoms. The molecule has 0 atom stereocenters. The quantitative estimate of drug-likeness (QED) is 0.273. The third-order valence-corrected chi connectivity index (χ3v) is 5.19. The maximum absolute atomic E-state index is 14.6. The zero-order valence-electron chi connectivity index (χ0n) is 17.8. The number of aryl methyl sites for hydroxylation is 1. The van der Waals surface area contributed by atoms with Crippen molar-refractivity contribution in [1.29, 1.82) is 0 Å². The molecule has 0 fully saturated rings. The van der Waals surface area contributed by atoms with Gasteiger partial charge in [0.25, 0.3) is 0 Å². The molecule has 30 heavy (non-hydrogen) atoms. The van der Waals surface area contributed by atoms with Crippen LogP contribution in [-0.2, 0) is 11.2 Å². The summed E-state index contributed by atoms with van der Waals surface area (Å²) in [5, 5.41) is 0. The average Bonchev–Trinajstić information content (AvgIpc) is 2.78. The number of hydrogen-bond donors (Lipinski definition) is 0. The first-order valence-electron chi connectivity index (χ1n) is 10.8. The minimum absolute atomic E-state index is 0.236. The average molecular weight is 405 g/mol. The van der Waals surface area contributed by atoms with Gasteiger partial charge in [-0.05, 0) is 53.6 Å². The Kier molecular flexibility index (Phi) is 7.78. The molecular weight excluding hydrogens is 375 g/mol. The van der Waals surface area contributed by atoms with Crippen LogP contribution >= 0.6 is 0 Å². The molecule has 0 heterocycles. The molecule has 156 valence electrons. The summed E-state index contributed by atoms with van der Waals surface area (Å²) in [6.07, 6.45) is 5.58. The Morgan fingerprint density at radius 1 is 0.800 bits per heavy atom. The maximum atomic E-state index is 14.6. The van der Waals surface area contributed by atoms with E-state index in [9.17, 15) is 9.18 Å². The Hall–Kier alpha value is -2.94. The Bertz CT molecular complexity index is 959. The minimum atomic E-state index is -0.490. The van der Waals surface area contributed by atoms with Gasteiger partial charge in [-0.2, -0.15) is 0 Å². The van der Waals surface area contributed by atoms with E-state index >= 15 is 0 Å². The molecule has 0 saturated carbocycles. The van der Waals surface area contributed by atoms with Crippen molar-refractivity contribution in [3.8, 4) is 22.3 Å². The monoisotopic (exact) mass is 404 g/mol. The van der Waals surface area contributed by atoms with Gasteiger partial charge in [-0.3, -0.25) is 0 Å². The van der Waals surface area contributed by atoms with Crippen LogP contribution in [0, 0.1) is 5.82 Å². The number of carbonyl (C=O) groups is 1. The lowest BCUT2D eigenvalue weighted by Gasteiger charge is -2.09. The van der Waals surface area contributed by atoms with Gasteiger partial charge in [0.15, 0.2) is 0 Å². The number of carbonyl (C=O) groups excluding carboxylic acids is 1. The first kappa shape index (κ1) is 21.8. The third-order valence-electron chi connectivity index (χ3n) is 5.19. The molecule has 0 unspecified atom stereocenters. The van der Waals surface area contributed by atoms with Crippen LogP contribution in [0.25, 0.3) is 22.3 Å². The van der Waals surface area contributed by atoms with Crippen molar-refractivity contribution in [1.82, 2.24) is 0 Å². The molecule has 3 heteroatoms. The third kappa shape index (κ3) is 5.56. The molecule has 0 amide bonds. The van der Waals surface area contributed by atoms with Crippen LogP contribution in [0.3, 0.4) is 0 Å². The summed E-state index contributed by atoms with van der Waals surface area (Å²) in [6.45, 7) is 4.47. The number of rotatable bonds is 9. The highest BCUT2D eigenvalue weighted by Crippen LogP contribution is 2.28. The van der Waals surface area contributed by atoms with E-state index < -0.39 is 11.8 Å². The zero-order valence-corrected chi connectivity index (χ0v) is 17.8. The van der Waals surface area contributed by atoms with Gasteiger partial charge in [-0.1, -0.05) is 81.3 Å². The van der Waals surface area contributed by atoms with Crippen molar-refractivity contribution < 1.29 is 13.9 Å². The van der Waals surface area contributed by atoms with Gasteiger partial charge < -0.3 is 4.74 Å². The van der Waals surface area contributed by atoms with Crippen molar-refractivity contribution in [2.24, 2.45) is 0 Å². The molecule has 2 nitrogen and oxygen atoms in total. The summed E-state index contributed by atoms with van der Waals surface area (Å²) in [5.74, 6) is -0.916. The molecule has 0 aliphatic carbocycles. The van der Waals surface area contributed by atoms with Gasteiger partial charge in [0.2, 0.25) is 0 Å². The predicted octanol–water partition coefficient (Wildman–Crippen LogP) is 7.46. The molecule has 3 aromatic carbocycles. The molecular formula is C27H29FO2. The van der Waals surface area contributed by atoms with Crippen molar-refractivity contribution in [3.63, 3.8) is 0 Å². The molecule has 0 aliphatic rings. The van der Waals surface area contributed by atoms with Gasteiger partial charge in [-0.25, -0.2) is 9.18 Å². The highest BCUT2D eigenvalue weighted by Gasteiger charge is 2.12. The van der Waals surface area contributed by atoms with Crippen LogP contribution in [0.4, 0.5) is 4.39 Å². The Morgan fingerprint density at radius 2 is 1.43 bits per heavy atom. The van der Waals surface area contributed by atoms with Crippen LogP contribution in [0.15, 0.2) is 66.7 Å². The smallest absolute Gasteiger partial charge is 0.338 e. The maximum Gasteiger partial charge on any atom is 0.338 e. The van der Waals surface area contributed by atoms with Gasteiger partial charge in [-0.15, -0.1) is 0 Å². The molecule has 0 aliphatic heterocycles. The normalized spacial score (nSPS) is 10.8. The van der Waals surface area contributed by atoms with E-state index in [0.29, 0.717) is 12.2 Å². The van der Waals surface area contributed by atoms with Crippen molar-refractivity contribution in [3.05, 3.63) is 83.7 Å². The molecule has 3 aromatic rings. The van der Waals surface area contributed by atoms with E-state index in [1.807, 2.05) is 31.2 Å². The van der Waals surface area contributed by atoms with E-state index in [2.05, 4.69) is 31.2 Å². The van der Waals surface area contributed by atoms with Crippen molar-refractivity contribution in [2.45, 2.75) is 46.0 Å². The highest BCUT2D eigenvalue weighted by molar-refractivity contribution is 5.90. The van der Waals surface area contributed by atoms with Crippen LogP contribution < -0.4 is 0 Å². The second kappa shape index (κ2) is 10.7. The molecule has 0 aromatic heterocycles. The molecule has 0 saturated heterocycles. The summed E-state index contributed by atoms with van der Waals surface area (Å²) < 4.78 is 19.7. The lowest BCUT2D eigenvalue weighted by molar-refractivity contribution is 0.0504. The van der Waals surface area contributed by atoms with Crippen LogP contribution in [0.5, 0.6) is 0 Å². The van der Waals surface area contributed by atoms with Crippen molar-refractivity contribution in [2.75, 3.05) is 6.61 Å². The van der Waals surface area contributed by atoms with Gasteiger partial charge in [0.1, 0.15) is 5.82 Å². The van der Waals surface area contributed by atoms with E-state index in [1.165, 1.54) is 30.9 Å². The fourth-order valence-corrected chi connectivity index (χ4v) is 3.44. The summed E-state index contributed by atoms with van der Waals surface area (Å²) in [7, 11) is 0.